The number of allylic oxidation sites excluding steroid dienone is 1. The highest BCUT2D eigenvalue weighted by molar-refractivity contribution is 8.22. The fraction of sp³-hybridized carbons (Fsp3) is 0.769. The molecular weight excluding hydrogens is 252 g/mol. The molecule has 1 aliphatic heterocycles. The van der Waals surface area contributed by atoms with E-state index in [0.29, 0.717) is 6.61 Å². The van der Waals surface area contributed by atoms with Gasteiger partial charge >= 0.3 is 5.97 Å². The lowest BCUT2D eigenvalue weighted by Crippen LogP contribution is -2.21. The van der Waals surface area contributed by atoms with Crippen LogP contribution in [0.25, 0.3) is 0 Å². The van der Waals surface area contributed by atoms with Crippen molar-refractivity contribution in [3.63, 3.8) is 0 Å². The summed E-state index contributed by atoms with van der Waals surface area (Å²) in [5.41, 5.74) is 1.60. The van der Waals surface area contributed by atoms with E-state index in [0.717, 1.165) is 25.7 Å². The summed E-state index contributed by atoms with van der Waals surface area (Å²) in [6, 6.07) is 0. The number of carbonyl (C=O) groups is 1. The van der Waals surface area contributed by atoms with Gasteiger partial charge in [-0.3, -0.25) is 4.79 Å². The van der Waals surface area contributed by atoms with Crippen LogP contribution in [0.15, 0.2) is 9.81 Å². The van der Waals surface area contributed by atoms with Crippen molar-refractivity contribution in [1.29, 1.82) is 0 Å². The molecule has 0 radical (unpaired) electrons. The van der Waals surface area contributed by atoms with Gasteiger partial charge in [-0.2, -0.15) is 0 Å². The molecular formula is C13H20O2S2. The van der Waals surface area contributed by atoms with E-state index in [2.05, 4.69) is 0 Å². The molecule has 0 aromatic rings. The van der Waals surface area contributed by atoms with Crippen LogP contribution in [-0.4, -0.2) is 24.1 Å². The van der Waals surface area contributed by atoms with Gasteiger partial charge < -0.3 is 4.74 Å². The summed E-state index contributed by atoms with van der Waals surface area (Å²) < 4.78 is 6.65. The largest absolute Gasteiger partial charge is 0.466 e. The predicted molar refractivity (Wildman–Crippen MR) is 75.2 cm³/mol. The Balaban J connectivity index is 1.86. The van der Waals surface area contributed by atoms with Gasteiger partial charge in [-0.1, -0.05) is 5.57 Å². The third-order valence-corrected chi connectivity index (χ3v) is 6.05. The lowest BCUT2D eigenvalue weighted by atomic mass is 9.86. The number of hydrogen-bond acceptors (Lipinski definition) is 4. The summed E-state index contributed by atoms with van der Waals surface area (Å²) in [5, 5.41) is 0. The van der Waals surface area contributed by atoms with Gasteiger partial charge in [-0.05, 0) is 50.5 Å². The molecule has 4 heteroatoms. The molecule has 1 heterocycles. The maximum Gasteiger partial charge on any atom is 0.308 e. The Hall–Kier alpha value is -0.0900. The number of rotatable bonds is 2. The second-order valence-electron chi connectivity index (χ2n) is 4.47. The SMILES string of the molecule is CCOC(=O)C1CCC(=C2SCCCS2)CC1. The van der Waals surface area contributed by atoms with Gasteiger partial charge in [0.15, 0.2) is 0 Å². The predicted octanol–water partition coefficient (Wildman–Crippen LogP) is 3.82. The zero-order valence-electron chi connectivity index (χ0n) is 10.4. The molecule has 0 amide bonds. The summed E-state index contributed by atoms with van der Waals surface area (Å²) in [6.07, 6.45) is 5.49. The quantitative estimate of drug-likeness (QED) is 0.714. The number of esters is 1. The topological polar surface area (TPSA) is 26.3 Å². The molecule has 1 saturated heterocycles. The fourth-order valence-corrected chi connectivity index (χ4v) is 5.08. The molecule has 2 fully saturated rings. The van der Waals surface area contributed by atoms with E-state index >= 15 is 0 Å². The monoisotopic (exact) mass is 272 g/mol. The molecule has 1 saturated carbocycles. The van der Waals surface area contributed by atoms with Crippen LogP contribution in [0, 0.1) is 5.92 Å². The van der Waals surface area contributed by atoms with Gasteiger partial charge in [0.1, 0.15) is 0 Å². The van der Waals surface area contributed by atoms with Crippen molar-refractivity contribution in [2.24, 2.45) is 5.92 Å². The molecule has 0 aromatic carbocycles. The second-order valence-corrected chi connectivity index (χ2v) is 6.94. The van der Waals surface area contributed by atoms with Gasteiger partial charge in [-0.15, -0.1) is 23.5 Å². The average Bonchev–Trinajstić information content (AvgIpc) is 2.40. The van der Waals surface area contributed by atoms with Gasteiger partial charge in [0, 0.05) is 4.24 Å². The molecule has 0 unspecified atom stereocenters. The molecule has 0 bridgehead atoms. The van der Waals surface area contributed by atoms with Gasteiger partial charge in [-0.25, -0.2) is 0 Å². The summed E-state index contributed by atoms with van der Waals surface area (Å²) >= 11 is 4.03. The van der Waals surface area contributed by atoms with Crippen molar-refractivity contribution in [2.75, 3.05) is 18.1 Å². The summed E-state index contributed by atoms with van der Waals surface area (Å²) in [6.45, 7) is 2.39. The third-order valence-electron chi connectivity index (χ3n) is 3.25. The molecule has 0 spiro atoms. The van der Waals surface area contributed by atoms with Crippen LogP contribution in [-0.2, 0) is 9.53 Å². The van der Waals surface area contributed by atoms with Gasteiger partial charge in [0.25, 0.3) is 0 Å². The van der Waals surface area contributed by atoms with Crippen LogP contribution < -0.4 is 0 Å². The highest BCUT2D eigenvalue weighted by atomic mass is 32.2. The maximum absolute atomic E-state index is 11.6. The van der Waals surface area contributed by atoms with Crippen molar-refractivity contribution < 1.29 is 9.53 Å². The van der Waals surface area contributed by atoms with Crippen LogP contribution in [0.3, 0.4) is 0 Å². The maximum atomic E-state index is 11.6. The Bertz CT molecular complexity index is 295. The number of carbonyl (C=O) groups excluding carboxylic acids is 1. The summed E-state index contributed by atoms with van der Waals surface area (Å²) in [7, 11) is 0. The van der Waals surface area contributed by atoms with Crippen LogP contribution in [0.5, 0.6) is 0 Å². The zero-order valence-corrected chi connectivity index (χ0v) is 12.0. The molecule has 2 aliphatic rings. The van der Waals surface area contributed by atoms with E-state index < -0.39 is 0 Å². The summed E-state index contributed by atoms with van der Waals surface area (Å²) in [4.78, 5) is 11.6. The normalized spacial score (nSPS) is 25.8. The third kappa shape index (κ3) is 3.68. The first-order valence-corrected chi connectivity index (χ1v) is 8.42. The van der Waals surface area contributed by atoms with Crippen molar-refractivity contribution in [3.8, 4) is 0 Å². The van der Waals surface area contributed by atoms with Gasteiger partial charge in [0.2, 0.25) is 0 Å². The van der Waals surface area contributed by atoms with Crippen LogP contribution in [0.1, 0.15) is 39.0 Å². The first-order chi connectivity index (χ1) is 8.31. The van der Waals surface area contributed by atoms with E-state index in [1.807, 2.05) is 30.4 Å². The minimum atomic E-state index is 0.0144. The first-order valence-electron chi connectivity index (χ1n) is 6.45. The molecule has 0 atom stereocenters. The van der Waals surface area contributed by atoms with Gasteiger partial charge in [0.05, 0.1) is 12.5 Å². The second kappa shape index (κ2) is 6.74. The minimum Gasteiger partial charge on any atom is -0.466 e. The van der Waals surface area contributed by atoms with E-state index in [4.69, 9.17) is 4.74 Å². The van der Waals surface area contributed by atoms with Crippen molar-refractivity contribution in [2.45, 2.75) is 39.0 Å². The lowest BCUT2D eigenvalue weighted by molar-refractivity contribution is -0.148. The molecule has 2 rings (SSSR count). The number of ether oxygens (including phenoxy) is 1. The molecule has 17 heavy (non-hydrogen) atoms. The Morgan fingerprint density at radius 2 is 1.94 bits per heavy atom. The first kappa shape index (κ1) is 13.3. The minimum absolute atomic E-state index is 0.0144. The molecule has 0 aromatic heterocycles. The Labute approximate surface area is 112 Å². The van der Waals surface area contributed by atoms with Crippen molar-refractivity contribution >= 4 is 29.5 Å². The van der Waals surface area contributed by atoms with Crippen molar-refractivity contribution in [3.05, 3.63) is 9.81 Å². The zero-order chi connectivity index (χ0) is 12.1. The van der Waals surface area contributed by atoms with Crippen LogP contribution in [0.4, 0.5) is 0 Å². The Morgan fingerprint density at radius 1 is 1.29 bits per heavy atom. The van der Waals surface area contributed by atoms with E-state index in [1.54, 1.807) is 9.81 Å². The van der Waals surface area contributed by atoms with Crippen LogP contribution in [0.2, 0.25) is 0 Å². The smallest absolute Gasteiger partial charge is 0.308 e. The van der Waals surface area contributed by atoms with Crippen molar-refractivity contribution in [1.82, 2.24) is 0 Å². The molecule has 1 aliphatic carbocycles. The lowest BCUT2D eigenvalue weighted by Gasteiger charge is -2.25. The van der Waals surface area contributed by atoms with E-state index in [9.17, 15) is 4.79 Å². The molecule has 2 nitrogen and oxygen atoms in total. The standard InChI is InChI=1S/C13H20O2S2/c1-2-15-12(14)10-4-6-11(7-5-10)13-16-8-3-9-17-13/h10H,2-9H2,1H3. The van der Waals surface area contributed by atoms with E-state index in [1.165, 1.54) is 17.9 Å². The molecule has 0 N–H and O–H groups in total. The number of thioether (sulfide) groups is 2. The Morgan fingerprint density at radius 3 is 2.53 bits per heavy atom. The molecule has 96 valence electrons. The fourth-order valence-electron chi connectivity index (χ4n) is 2.30. The highest BCUT2D eigenvalue weighted by Gasteiger charge is 2.26. The number of hydrogen-bond donors (Lipinski definition) is 0. The van der Waals surface area contributed by atoms with Crippen LogP contribution >= 0.6 is 23.5 Å². The highest BCUT2D eigenvalue weighted by Crippen LogP contribution is 2.42. The Kier molecular flexibility index (Phi) is 5.29. The van der Waals surface area contributed by atoms with E-state index in [-0.39, 0.29) is 11.9 Å². The summed E-state index contributed by atoms with van der Waals surface area (Å²) in [5.74, 6) is 2.71. The average molecular weight is 272 g/mol.